The first-order valence-electron chi connectivity index (χ1n) is 45.5. The molecule has 1 heteroatoms. The fourth-order valence-corrected chi connectivity index (χ4v) is 12.5. The summed E-state index contributed by atoms with van der Waals surface area (Å²) in [4.78, 5) is 0. The Hall–Kier alpha value is -0.980. The van der Waals surface area contributed by atoms with Crippen molar-refractivity contribution >= 4 is 0 Å². The minimum atomic E-state index is 0.408. The molecule has 0 aliphatic heterocycles. The van der Waals surface area contributed by atoms with E-state index in [1.807, 2.05) is 0 Å². The van der Waals surface area contributed by atoms with E-state index >= 15 is 0 Å². The van der Waals surface area contributed by atoms with E-state index in [0.29, 0.717) is 32.5 Å². The van der Waals surface area contributed by atoms with Crippen molar-refractivity contribution in [2.45, 2.75) is 528 Å². The Balaban J connectivity index is -0.000000139. The lowest BCUT2D eigenvalue weighted by atomic mass is 9.77. The van der Waals surface area contributed by atoms with E-state index in [4.69, 9.17) is 4.74 Å². The lowest BCUT2D eigenvalue weighted by Gasteiger charge is -2.29. The molecule has 102 heavy (non-hydrogen) atoms. The lowest BCUT2D eigenvalue weighted by molar-refractivity contribution is 0.221. The van der Waals surface area contributed by atoms with Crippen LogP contribution in [0, 0.1) is 99.6 Å². The lowest BCUT2D eigenvalue weighted by Crippen LogP contribution is -2.18. The van der Waals surface area contributed by atoms with Crippen molar-refractivity contribution in [3.05, 3.63) is 29.3 Å². The highest BCUT2D eigenvalue weighted by Crippen LogP contribution is 2.34. The molecule has 0 spiro atoms. The van der Waals surface area contributed by atoms with Gasteiger partial charge in [-0.15, -0.1) is 0 Å². The maximum Gasteiger partial charge on any atom is 0.122 e. The molecular weight excluding hydrogens is 1230 g/mol. The third-order valence-electron chi connectivity index (χ3n) is 19.5. The quantitative estimate of drug-likeness (QED) is 0.0597. The van der Waals surface area contributed by atoms with E-state index in [2.05, 4.69) is 309 Å². The van der Waals surface area contributed by atoms with Gasteiger partial charge < -0.3 is 4.74 Å². The van der Waals surface area contributed by atoms with Crippen LogP contribution in [0.2, 0.25) is 0 Å². The number of hydrogen-bond acceptors (Lipinski definition) is 1. The van der Waals surface area contributed by atoms with Gasteiger partial charge in [-0.2, -0.15) is 0 Å². The Kier molecular flexibility index (Phi) is 89.8. The summed E-state index contributed by atoms with van der Waals surface area (Å²) in [6.07, 6.45) is 51.2. The van der Waals surface area contributed by atoms with Gasteiger partial charge in [0.05, 0.1) is 6.61 Å². The molecule has 0 radical (unpaired) electrons. The summed E-state index contributed by atoms with van der Waals surface area (Å²) in [7, 11) is 0. The molecule has 0 fully saturated rings. The van der Waals surface area contributed by atoms with E-state index in [-0.39, 0.29) is 0 Å². The zero-order valence-electron chi connectivity index (χ0n) is 80.7. The van der Waals surface area contributed by atoms with Crippen molar-refractivity contribution in [3.63, 3.8) is 0 Å². The van der Waals surface area contributed by atoms with E-state index in [1.165, 1.54) is 242 Å². The van der Waals surface area contributed by atoms with Crippen molar-refractivity contribution in [3.8, 4) is 5.75 Å². The van der Waals surface area contributed by atoms with Crippen LogP contribution >= 0.6 is 0 Å². The minimum absolute atomic E-state index is 0.408. The predicted octanol–water partition coefficient (Wildman–Crippen LogP) is 38.3. The first-order valence-corrected chi connectivity index (χ1v) is 45.5. The van der Waals surface area contributed by atoms with Gasteiger partial charge in [0.1, 0.15) is 5.75 Å². The zero-order valence-corrected chi connectivity index (χ0v) is 80.7. The van der Waals surface area contributed by atoms with Crippen LogP contribution in [0.3, 0.4) is 0 Å². The average Bonchev–Trinajstić information content (AvgIpc) is 0.892. The minimum Gasteiger partial charge on any atom is -0.493 e. The van der Waals surface area contributed by atoms with Crippen LogP contribution in [0.1, 0.15) is 526 Å². The normalized spacial score (nSPS) is 13.3. The van der Waals surface area contributed by atoms with Gasteiger partial charge in [-0.05, 0) is 155 Å². The Labute approximate surface area is 656 Å². The number of aryl methyl sites for hydroxylation is 2. The smallest absolute Gasteiger partial charge is 0.122 e. The molecule has 0 heterocycles. The second-order valence-electron chi connectivity index (χ2n) is 41.4. The molecule has 1 nitrogen and oxygen atoms in total. The summed E-state index contributed by atoms with van der Waals surface area (Å²) in [5.41, 5.74) is 5.47. The van der Waals surface area contributed by atoms with Gasteiger partial charge in [0.2, 0.25) is 0 Å². The highest BCUT2D eigenvalue weighted by molar-refractivity contribution is 5.35. The average molecular weight is 1440 g/mol. The van der Waals surface area contributed by atoms with Crippen molar-refractivity contribution in [1.29, 1.82) is 0 Å². The molecule has 0 aliphatic carbocycles. The summed E-state index contributed by atoms with van der Waals surface area (Å²) in [5, 5.41) is 0. The predicted molar refractivity (Wildman–Crippen MR) is 485 cm³/mol. The molecule has 0 N–H and O–H groups in total. The summed E-state index contributed by atoms with van der Waals surface area (Å²) in [6.45, 7) is 97.0. The van der Waals surface area contributed by atoms with E-state index < -0.39 is 0 Å². The monoisotopic (exact) mass is 1440 g/mol. The maximum atomic E-state index is 5.81. The number of rotatable bonds is 39. The van der Waals surface area contributed by atoms with Gasteiger partial charge in [0, 0.05) is 0 Å². The molecule has 624 valence electrons. The van der Waals surface area contributed by atoms with Crippen molar-refractivity contribution in [1.82, 2.24) is 0 Å². The molecule has 1 rings (SSSR count). The third kappa shape index (κ3) is 126. The largest absolute Gasteiger partial charge is 0.493 e. The van der Waals surface area contributed by atoms with Crippen LogP contribution in [0.25, 0.3) is 0 Å². The summed E-state index contributed by atoms with van der Waals surface area (Å²) < 4.78 is 5.81. The molecule has 0 saturated heterocycles. The van der Waals surface area contributed by atoms with Gasteiger partial charge in [0.15, 0.2) is 0 Å². The van der Waals surface area contributed by atoms with Gasteiger partial charge in [0.25, 0.3) is 0 Å². The topological polar surface area (TPSA) is 9.23 Å². The van der Waals surface area contributed by atoms with Crippen LogP contribution in [-0.4, -0.2) is 6.61 Å². The fraction of sp³-hybridized carbons (Fsp3) is 0.941. The Morgan fingerprint density at radius 1 is 0.284 bits per heavy atom. The van der Waals surface area contributed by atoms with Gasteiger partial charge in [-0.25, -0.2) is 0 Å². The Bertz CT molecular complexity index is 1680. The molecule has 0 amide bonds. The van der Waals surface area contributed by atoms with Gasteiger partial charge in [-0.3, -0.25) is 0 Å². The van der Waals surface area contributed by atoms with E-state index in [9.17, 15) is 0 Å². The molecule has 6 unspecified atom stereocenters. The van der Waals surface area contributed by atoms with Crippen LogP contribution in [-0.2, 0) is 0 Å². The number of benzene rings is 1. The number of ether oxygens (including phenoxy) is 1. The Morgan fingerprint density at radius 2 is 0.637 bits per heavy atom. The highest BCUT2D eigenvalue weighted by atomic mass is 16.5. The van der Waals surface area contributed by atoms with Crippen LogP contribution < -0.4 is 4.74 Å². The first-order chi connectivity index (χ1) is 46.8. The number of hydrogen-bond donors (Lipinski definition) is 0. The highest BCUT2D eigenvalue weighted by Gasteiger charge is 2.22. The van der Waals surface area contributed by atoms with Gasteiger partial charge >= 0.3 is 0 Å². The molecule has 0 aliphatic rings. The Morgan fingerprint density at radius 3 is 0.931 bits per heavy atom. The zero-order chi connectivity index (χ0) is 81.6. The van der Waals surface area contributed by atoms with Crippen molar-refractivity contribution in [2.24, 2.45) is 85.8 Å². The molecule has 1 aromatic carbocycles. The molecular formula is C101H214O. The second kappa shape index (κ2) is 76.8. The molecule has 0 bridgehead atoms. The third-order valence-corrected chi connectivity index (χ3v) is 19.5. The number of unbranched alkanes of at least 4 members (excludes halogenated alkanes) is 11. The second-order valence-corrected chi connectivity index (χ2v) is 41.4. The SMILES string of the molecule is CC(CCC(C)C(C)CC(C)(C)C)CC(C)(C)C.CCC(C)(C)C.CCC(C)CC(C)(C)C.CCCC(C)(C)C.CCCC(C)C.CCCC(C)C.CCCC(C)CCC.CCCCC(C)CC.CCCCCCCCCC(C)CCCCCCC.Cc1ccc(C)c(OCCCC(C)(C)C)c1. The van der Waals surface area contributed by atoms with Crippen LogP contribution in [0.4, 0.5) is 0 Å². The van der Waals surface area contributed by atoms with Crippen LogP contribution in [0.5, 0.6) is 5.75 Å². The molecule has 0 aromatic heterocycles. The van der Waals surface area contributed by atoms with Gasteiger partial charge in [-0.1, -0.05) is 488 Å². The summed E-state index contributed by atoms with van der Waals surface area (Å²) in [5.74, 6) is 9.21. The molecule has 6 atom stereocenters. The summed E-state index contributed by atoms with van der Waals surface area (Å²) >= 11 is 0. The fourth-order valence-electron chi connectivity index (χ4n) is 12.5. The molecule has 1 aromatic rings. The van der Waals surface area contributed by atoms with Crippen LogP contribution in [0.15, 0.2) is 18.2 Å². The first kappa shape index (κ1) is 119. The maximum absolute atomic E-state index is 5.81. The molecule has 0 saturated carbocycles. The van der Waals surface area contributed by atoms with Crippen molar-refractivity contribution in [2.75, 3.05) is 6.61 Å². The summed E-state index contributed by atoms with van der Waals surface area (Å²) in [6, 6.07) is 6.36. The van der Waals surface area contributed by atoms with E-state index in [1.54, 1.807) is 0 Å². The van der Waals surface area contributed by atoms with E-state index in [0.717, 1.165) is 72.0 Å². The standard InChI is InChI=1S/2C18H38.C15H24O.C9H20.2C8H18.C7H16.3C6H14/c1-14(12-17(4,5)6)10-11-15(2)16(3)13-18(7,8)9;1-4-6-8-10-11-13-15-17-18(3)16-14-12-9-7-5-2;1-12-7-8-13(2)14(11-12)16-10-6-9-15(3,4)5;1-6-8(2)7-9(3,4)5;1-4-6-7-8(3)5-2;1-4-6-8(3)7-5-2;1-5-6-7(2,3)4;1-5-6(2,3)4;2*1-4-5-6(2)3/h14-16H,10-13H2,1-9H3;18H,4-17H2,1-3H3;7-8,11H,6,9-10H2,1-5H3;8H,6-7H2,1-5H3;2*8H,4-7H2,1-3H3;5-6H2,1-4H3;5H2,1-4H3;2*6H,4-5H2,1-3H3. The van der Waals surface area contributed by atoms with Crippen molar-refractivity contribution < 1.29 is 4.74 Å².